The van der Waals surface area contributed by atoms with Crippen LogP contribution in [0, 0.1) is 17.0 Å². The number of aromatic nitrogens is 3. The van der Waals surface area contributed by atoms with Crippen LogP contribution in [0.1, 0.15) is 62.3 Å². The van der Waals surface area contributed by atoms with Crippen molar-refractivity contribution in [1.29, 1.82) is 0 Å². The van der Waals surface area contributed by atoms with Gasteiger partial charge in [0.25, 0.3) is 18.2 Å². The highest BCUT2D eigenvalue weighted by Crippen LogP contribution is 2.48. The molecule has 0 unspecified atom stereocenters. The number of anilines is 1. The van der Waals surface area contributed by atoms with E-state index >= 15 is 0 Å². The van der Waals surface area contributed by atoms with Crippen LogP contribution < -0.4 is 11.1 Å². The van der Waals surface area contributed by atoms with Gasteiger partial charge in [0.2, 0.25) is 5.69 Å². The van der Waals surface area contributed by atoms with E-state index in [1.165, 1.54) is 24.7 Å². The predicted molar refractivity (Wildman–Crippen MR) is 108 cm³/mol. The Labute approximate surface area is 177 Å². The van der Waals surface area contributed by atoms with Crippen molar-refractivity contribution in [3.63, 3.8) is 0 Å². The molecular formula is C18H16F2N6O4S. The number of carbonyl (C=O) groups is 2. The number of thiophene rings is 1. The van der Waals surface area contributed by atoms with Crippen LogP contribution in [0.4, 0.5) is 20.2 Å². The summed E-state index contributed by atoms with van der Waals surface area (Å²) in [5, 5.41) is 18.2. The Morgan fingerprint density at radius 2 is 2.10 bits per heavy atom. The number of fused-ring (bicyclic) bond motifs is 1. The summed E-state index contributed by atoms with van der Waals surface area (Å²) < 4.78 is 27.8. The number of rotatable bonds is 6. The van der Waals surface area contributed by atoms with Crippen molar-refractivity contribution in [1.82, 2.24) is 14.8 Å². The SMILES string of the molecule is Cc1c([N+](=O)[O-])c(C(=O)Nc2c(C(N)=O)sc3nc(C(F)F)cc(C4CC4)c23)nn1C. The molecule has 0 spiro atoms. The number of nitrogens with zero attached hydrogens (tertiary/aromatic N) is 4. The van der Waals surface area contributed by atoms with E-state index in [0.717, 1.165) is 24.2 Å². The van der Waals surface area contributed by atoms with E-state index in [2.05, 4.69) is 15.4 Å². The quantitative estimate of drug-likeness (QED) is 0.435. The second-order valence-corrected chi connectivity index (χ2v) is 8.18. The number of nitrogens with one attached hydrogen (secondary N) is 1. The van der Waals surface area contributed by atoms with Crippen molar-refractivity contribution < 1.29 is 23.3 Å². The standard InChI is InChI=1S/C18H16F2N6O4S/c1-6-13(26(29)30)12(24-25(6)2)17(28)23-11-10-8(7-3-4-7)5-9(15(19)20)22-18(10)31-14(11)16(21)27/h5,7,15H,3-4H2,1-2H3,(H2,21,27)(H,23,28). The Hall–Kier alpha value is -3.48. The Bertz CT molecular complexity index is 1260. The summed E-state index contributed by atoms with van der Waals surface area (Å²) in [5.41, 5.74) is 4.82. The third-order valence-electron chi connectivity index (χ3n) is 5.12. The largest absolute Gasteiger partial charge is 0.365 e. The van der Waals surface area contributed by atoms with Gasteiger partial charge < -0.3 is 11.1 Å². The van der Waals surface area contributed by atoms with Crippen molar-refractivity contribution in [2.75, 3.05) is 5.32 Å². The van der Waals surface area contributed by atoms with E-state index in [9.17, 15) is 28.5 Å². The number of amides is 2. The van der Waals surface area contributed by atoms with Crippen molar-refractivity contribution in [2.45, 2.75) is 32.1 Å². The molecule has 0 atom stereocenters. The van der Waals surface area contributed by atoms with Gasteiger partial charge in [0.05, 0.1) is 10.6 Å². The minimum absolute atomic E-state index is 0.00493. The molecule has 1 aliphatic carbocycles. The molecule has 3 aromatic rings. The van der Waals surface area contributed by atoms with Crippen LogP contribution in [-0.2, 0) is 7.05 Å². The fourth-order valence-corrected chi connectivity index (χ4v) is 4.43. The number of nitro groups is 1. The first-order valence-corrected chi connectivity index (χ1v) is 9.96. The van der Waals surface area contributed by atoms with Gasteiger partial charge in [-0.15, -0.1) is 11.3 Å². The van der Waals surface area contributed by atoms with Crippen LogP contribution in [0.15, 0.2) is 6.07 Å². The van der Waals surface area contributed by atoms with E-state index in [-0.39, 0.29) is 27.0 Å². The van der Waals surface area contributed by atoms with Crippen LogP contribution in [0.2, 0.25) is 0 Å². The minimum atomic E-state index is -2.81. The minimum Gasteiger partial charge on any atom is -0.365 e. The van der Waals surface area contributed by atoms with Gasteiger partial charge in [-0.05, 0) is 37.3 Å². The lowest BCUT2D eigenvalue weighted by atomic mass is 10.0. The molecule has 0 saturated heterocycles. The number of halogens is 2. The van der Waals surface area contributed by atoms with E-state index in [4.69, 9.17) is 5.73 Å². The van der Waals surface area contributed by atoms with Gasteiger partial charge in [-0.3, -0.25) is 24.4 Å². The molecule has 3 N–H and O–H groups in total. The molecule has 10 nitrogen and oxygen atoms in total. The summed E-state index contributed by atoms with van der Waals surface area (Å²) in [4.78, 5) is 39.6. The number of hydrogen-bond acceptors (Lipinski definition) is 7. The number of primary amides is 1. The van der Waals surface area contributed by atoms with Crippen LogP contribution in [0.5, 0.6) is 0 Å². The third kappa shape index (κ3) is 3.50. The van der Waals surface area contributed by atoms with Crippen molar-refractivity contribution >= 4 is 44.7 Å². The molecule has 0 aromatic carbocycles. The number of hydrogen-bond donors (Lipinski definition) is 2. The summed E-state index contributed by atoms with van der Waals surface area (Å²) in [6, 6.07) is 1.27. The smallest absolute Gasteiger partial charge is 0.322 e. The van der Waals surface area contributed by atoms with Crippen molar-refractivity contribution in [3.8, 4) is 0 Å². The molecule has 13 heteroatoms. The Morgan fingerprint density at radius 1 is 1.42 bits per heavy atom. The van der Waals surface area contributed by atoms with E-state index < -0.39 is 40.2 Å². The zero-order valence-electron chi connectivity index (χ0n) is 16.3. The molecule has 0 aliphatic heterocycles. The van der Waals surface area contributed by atoms with Crippen LogP contribution in [0.3, 0.4) is 0 Å². The van der Waals surface area contributed by atoms with Crippen LogP contribution in [-0.4, -0.2) is 31.5 Å². The van der Waals surface area contributed by atoms with Crippen LogP contribution >= 0.6 is 11.3 Å². The van der Waals surface area contributed by atoms with Crippen molar-refractivity contribution in [2.24, 2.45) is 12.8 Å². The first-order chi connectivity index (χ1) is 14.6. The van der Waals surface area contributed by atoms with Crippen LogP contribution in [0.25, 0.3) is 10.2 Å². The third-order valence-corrected chi connectivity index (χ3v) is 6.21. The molecule has 0 bridgehead atoms. The Balaban J connectivity index is 1.89. The summed E-state index contributed by atoms with van der Waals surface area (Å²) in [6.45, 7) is 1.44. The lowest BCUT2D eigenvalue weighted by Gasteiger charge is -2.09. The normalized spacial score (nSPS) is 13.7. The van der Waals surface area contributed by atoms with Gasteiger partial charge in [-0.2, -0.15) is 5.10 Å². The topological polar surface area (TPSA) is 146 Å². The zero-order chi connectivity index (χ0) is 22.6. The zero-order valence-corrected chi connectivity index (χ0v) is 17.1. The number of nitrogens with two attached hydrogens (primary N) is 1. The number of carbonyl (C=O) groups excluding carboxylic acids is 2. The molecule has 31 heavy (non-hydrogen) atoms. The molecule has 162 valence electrons. The average molecular weight is 450 g/mol. The molecule has 1 saturated carbocycles. The summed E-state index contributed by atoms with van der Waals surface area (Å²) in [6.07, 6.45) is -1.28. The van der Waals surface area contributed by atoms with Gasteiger partial charge in [0, 0.05) is 12.4 Å². The molecule has 4 rings (SSSR count). The molecule has 0 radical (unpaired) electrons. The number of aryl methyl sites for hydroxylation is 1. The van der Waals surface area contributed by atoms with Crippen molar-refractivity contribution in [3.05, 3.63) is 43.7 Å². The molecule has 1 fully saturated rings. The monoisotopic (exact) mass is 450 g/mol. The van der Waals surface area contributed by atoms with E-state index in [0.29, 0.717) is 10.9 Å². The molecule has 3 aromatic heterocycles. The first kappa shape index (κ1) is 20.8. The maximum Gasteiger partial charge on any atom is 0.322 e. The van der Waals surface area contributed by atoms with Gasteiger partial charge >= 0.3 is 5.69 Å². The number of alkyl halides is 2. The lowest BCUT2D eigenvalue weighted by Crippen LogP contribution is -2.18. The second-order valence-electron chi connectivity index (χ2n) is 7.18. The van der Waals surface area contributed by atoms with Gasteiger partial charge in [-0.1, -0.05) is 0 Å². The molecule has 1 aliphatic rings. The maximum atomic E-state index is 13.3. The average Bonchev–Trinajstić information content (AvgIpc) is 3.41. The second kappa shape index (κ2) is 7.34. The first-order valence-electron chi connectivity index (χ1n) is 9.14. The fraction of sp³-hybridized carbons (Fsp3) is 0.333. The lowest BCUT2D eigenvalue weighted by molar-refractivity contribution is -0.385. The molecule has 3 heterocycles. The Morgan fingerprint density at radius 3 is 2.65 bits per heavy atom. The van der Waals surface area contributed by atoms with Gasteiger partial charge in [-0.25, -0.2) is 13.8 Å². The predicted octanol–water partition coefficient (Wildman–Crippen LogP) is 3.41. The fourth-order valence-electron chi connectivity index (χ4n) is 3.41. The highest BCUT2D eigenvalue weighted by Gasteiger charge is 2.34. The van der Waals surface area contributed by atoms with Gasteiger partial charge in [0.15, 0.2) is 0 Å². The molecule has 2 amide bonds. The maximum absolute atomic E-state index is 13.3. The van der Waals surface area contributed by atoms with E-state index in [1.807, 2.05) is 0 Å². The number of pyridine rings is 1. The highest BCUT2D eigenvalue weighted by atomic mass is 32.1. The highest BCUT2D eigenvalue weighted by molar-refractivity contribution is 7.21. The molecular weight excluding hydrogens is 434 g/mol. The van der Waals surface area contributed by atoms with Gasteiger partial charge in [0.1, 0.15) is 21.1 Å². The van der Waals surface area contributed by atoms with E-state index in [1.54, 1.807) is 0 Å². The Kier molecular flexibility index (Phi) is 4.92. The summed E-state index contributed by atoms with van der Waals surface area (Å²) in [7, 11) is 1.45. The summed E-state index contributed by atoms with van der Waals surface area (Å²) >= 11 is 0.786. The summed E-state index contributed by atoms with van der Waals surface area (Å²) in [5.74, 6) is -1.82.